The summed E-state index contributed by atoms with van der Waals surface area (Å²) in [4.78, 5) is 11.7. The third-order valence-electron chi connectivity index (χ3n) is 3.43. The van der Waals surface area contributed by atoms with Crippen LogP contribution in [0.2, 0.25) is 0 Å². The number of carbonyl (C=O) groups is 1. The Morgan fingerprint density at radius 2 is 2.09 bits per heavy atom. The third kappa shape index (κ3) is 5.01. The van der Waals surface area contributed by atoms with E-state index in [1.807, 2.05) is 10.8 Å². The lowest BCUT2D eigenvalue weighted by molar-refractivity contribution is 0.0598. The van der Waals surface area contributed by atoms with E-state index < -0.39 is 23.3 Å². The third-order valence-corrected chi connectivity index (χ3v) is 4.11. The standard InChI is InChI=1S/C16H18F2N2O2S/c1-16(22,12-5-7-23-9-12)10-20-15(21)19-6-4-11-2-3-13(17)8-14(11)18/h2-3,5,7-9,22H,4,6,10H2,1H3,(H2,19,20,21). The highest BCUT2D eigenvalue weighted by Crippen LogP contribution is 2.21. The van der Waals surface area contributed by atoms with Crippen molar-refractivity contribution in [3.8, 4) is 0 Å². The van der Waals surface area contributed by atoms with Crippen LogP contribution in [0.4, 0.5) is 13.6 Å². The van der Waals surface area contributed by atoms with Crippen molar-refractivity contribution in [2.24, 2.45) is 0 Å². The Morgan fingerprint density at radius 3 is 2.74 bits per heavy atom. The highest BCUT2D eigenvalue weighted by atomic mass is 32.1. The van der Waals surface area contributed by atoms with Gasteiger partial charge in [0.1, 0.15) is 17.2 Å². The molecule has 0 bridgehead atoms. The van der Waals surface area contributed by atoms with Crippen molar-refractivity contribution in [2.75, 3.05) is 13.1 Å². The summed E-state index contributed by atoms with van der Waals surface area (Å²) in [5, 5.41) is 19.1. The summed E-state index contributed by atoms with van der Waals surface area (Å²) in [6.07, 6.45) is 0.250. The SMILES string of the molecule is CC(O)(CNC(=O)NCCc1ccc(F)cc1F)c1ccsc1. The summed E-state index contributed by atoms with van der Waals surface area (Å²) < 4.78 is 26.2. The van der Waals surface area contributed by atoms with Gasteiger partial charge in [-0.15, -0.1) is 0 Å². The molecule has 1 unspecified atom stereocenters. The summed E-state index contributed by atoms with van der Waals surface area (Å²) in [6.45, 7) is 1.87. The minimum absolute atomic E-state index is 0.0560. The average molecular weight is 340 g/mol. The van der Waals surface area contributed by atoms with Crippen molar-refractivity contribution in [2.45, 2.75) is 18.9 Å². The number of carbonyl (C=O) groups excluding carboxylic acids is 1. The van der Waals surface area contributed by atoms with Crippen molar-refractivity contribution in [3.63, 3.8) is 0 Å². The highest BCUT2D eigenvalue weighted by Gasteiger charge is 2.24. The Labute approximate surface area is 137 Å². The van der Waals surface area contributed by atoms with E-state index in [2.05, 4.69) is 10.6 Å². The normalized spacial score (nSPS) is 13.4. The van der Waals surface area contributed by atoms with Crippen molar-refractivity contribution in [3.05, 3.63) is 57.8 Å². The van der Waals surface area contributed by atoms with Crippen molar-refractivity contribution < 1.29 is 18.7 Å². The number of benzene rings is 1. The molecule has 2 rings (SSSR count). The second-order valence-corrected chi connectivity index (χ2v) is 6.16. The van der Waals surface area contributed by atoms with Crippen LogP contribution in [0.25, 0.3) is 0 Å². The van der Waals surface area contributed by atoms with Crippen LogP contribution in [0.3, 0.4) is 0 Å². The summed E-state index contributed by atoms with van der Waals surface area (Å²) >= 11 is 1.46. The maximum atomic E-state index is 13.4. The number of halogens is 2. The number of aliphatic hydroxyl groups is 1. The van der Waals surface area contributed by atoms with Crippen LogP contribution >= 0.6 is 11.3 Å². The van der Waals surface area contributed by atoms with Gasteiger partial charge in [-0.2, -0.15) is 11.3 Å². The molecule has 0 saturated carbocycles. The molecule has 0 saturated heterocycles. The molecule has 3 N–H and O–H groups in total. The van der Waals surface area contributed by atoms with Gasteiger partial charge in [0.2, 0.25) is 0 Å². The summed E-state index contributed by atoms with van der Waals surface area (Å²) in [6, 6.07) is 4.68. The molecular formula is C16H18F2N2O2S. The Morgan fingerprint density at radius 1 is 1.30 bits per heavy atom. The minimum Gasteiger partial charge on any atom is -0.384 e. The van der Waals surface area contributed by atoms with Crippen molar-refractivity contribution >= 4 is 17.4 Å². The van der Waals surface area contributed by atoms with E-state index in [0.717, 1.165) is 11.6 Å². The fourth-order valence-corrected chi connectivity index (χ4v) is 2.81. The molecule has 2 aromatic rings. The van der Waals surface area contributed by atoms with Gasteiger partial charge in [0.25, 0.3) is 0 Å². The first-order valence-corrected chi connectivity index (χ1v) is 8.03. The Hall–Kier alpha value is -1.99. The van der Waals surface area contributed by atoms with Gasteiger partial charge in [0.15, 0.2) is 0 Å². The molecule has 1 atom stereocenters. The number of thiophene rings is 1. The second-order valence-electron chi connectivity index (χ2n) is 5.38. The van der Waals surface area contributed by atoms with Crippen LogP contribution in [0.1, 0.15) is 18.1 Å². The maximum Gasteiger partial charge on any atom is 0.314 e. The Kier molecular flexibility index (Phi) is 5.68. The lowest BCUT2D eigenvalue weighted by atomic mass is 9.99. The average Bonchev–Trinajstić information content (AvgIpc) is 3.03. The van der Waals surface area contributed by atoms with Crippen LogP contribution in [0.5, 0.6) is 0 Å². The Bertz CT molecular complexity index is 660. The number of nitrogens with one attached hydrogen (secondary N) is 2. The van der Waals surface area contributed by atoms with Gasteiger partial charge in [0.05, 0.1) is 6.54 Å². The molecule has 0 aliphatic carbocycles. The quantitative estimate of drug-likeness (QED) is 0.757. The summed E-state index contributed by atoms with van der Waals surface area (Å²) in [7, 11) is 0. The molecule has 2 amide bonds. The van der Waals surface area contributed by atoms with Crippen LogP contribution in [-0.4, -0.2) is 24.2 Å². The zero-order valence-electron chi connectivity index (χ0n) is 12.6. The van der Waals surface area contributed by atoms with Gasteiger partial charge in [-0.05, 0) is 47.4 Å². The monoisotopic (exact) mass is 340 g/mol. The first-order chi connectivity index (χ1) is 10.9. The van der Waals surface area contributed by atoms with E-state index >= 15 is 0 Å². The molecule has 1 aromatic heterocycles. The van der Waals surface area contributed by atoms with Crippen molar-refractivity contribution in [1.29, 1.82) is 0 Å². The van der Waals surface area contributed by atoms with Gasteiger partial charge in [-0.25, -0.2) is 13.6 Å². The molecule has 23 heavy (non-hydrogen) atoms. The zero-order chi connectivity index (χ0) is 16.9. The summed E-state index contributed by atoms with van der Waals surface area (Å²) in [5.41, 5.74) is -0.0893. The molecule has 0 spiro atoms. The number of hydrogen-bond donors (Lipinski definition) is 3. The molecule has 0 fully saturated rings. The van der Waals surface area contributed by atoms with Crippen LogP contribution in [0, 0.1) is 11.6 Å². The molecule has 1 heterocycles. The predicted molar refractivity (Wildman–Crippen MR) is 85.4 cm³/mol. The molecule has 1 aromatic carbocycles. The van der Waals surface area contributed by atoms with Crippen LogP contribution in [0.15, 0.2) is 35.0 Å². The molecule has 0 aliphatic heterocycles. The fourth-order valence-electron chi connectivity index (χ4n) is 2.02. The van der Waals surface area contributed by atoms with E-state index in [1.54, 1.807) is 13.0 Å². The second kappa shape index (κ2) is 7.52. The van der Waals surface area contributed by atoms with E-state index in [9.17, 15) is 18.7 Å². The maximum absolute atomic E-state index is 13.4. The van der Waals surface area contributed by atoms with Crippen molar-refractivity contribution in [1.82, 2.24) is 10.6 Å². The molecule has 0 aliphatic rings. The van der Waals surface area contributed by atoms with Gasteiger partial charge in [0, 0.05) is 12.6 Å². The predicted octanol–water partition coefficient (Wildman–Crippen LogP) is 2.78. The number of amides is 2. The molecule has 4 nitrogen and oxygen atoms in total. The minimum atomic E-state index is -1.15. The van der Waals surface area contributed by atoms with Gasteiger partial charge < -0.3 is 15.7 Å². The largest absolute Gasteiger partial charge is 0.384 e. The molecule has 124 valence electrons. The zero-order valence-corrected chi connectivity index (χ0v) is 13.4. The van der Waals surface area contributed by atoms with E-state index in [4.69, 9.17) is 0 Å². The topological polar surface area (TPSA) is 61.4 Å². The van der Waals surface area contributed by atoms with E-state index in [0.29, 0.717) is 5.56 Å². The van der Waals surface area contributed by atoms with Gasteiger partial charge in [-0.3, -0.25) is 0 Å². The lowest BCUT2D eigenvalue weighted by Gasteiger charge is -2.22. The van der Waals surface area contributed by atoms with E-state index in [-0.39, 0.29) is 19.5 Å². The smallest absolute Gasteiger partial charge is 0.314 e. The highest BCUT2D eigenvalue weighted by molar-refractivity contribution is 7.08. The van der Waals surface area contributed by atoms with Crippen LogP contribution < -0.4 is 10.6 Å². The fraction of sp³-hybridized carbons (Fsp3) is 0.312. The first kappa shape index (κ1) is 17.4. The lowest BCUT2D eigenvalue weighted by Crippen LogP contribution is -2.43. The number of rotatable bonds is 6. The summed E-state index contributed by atoms with van der Waals surface area (Å²) in [5.74, 6) is -1.26. The van der Waals surface area contributed by atoms with Gasteiger partial charge in [-0.1, -0.05) is 6.07 Å². The van der Waals surface area contributed by atoms with E-state index in [1.165, 1.54) is 23.5 Å². The molecular weight excluding hydrogens is 322 g/mol. The molecule has 0 radical (unpaired) electrons. The van der Waals surface area contributed by atoms with Gasteiger partial charge >= 0.3 is 6.03 Å². The number of hydrogen-bond acceptors (Lipinski definition) is 3. The first-order valence-electron chi connectivity index (χ1n) is 7.09. The Balaban J connectivity index is 1.75. The number of urea groups is 1. The van der Waals surface area contributed by atoms with Crippen LogP contribution in [-0.2, 0) is 12.0 Å². The molecule has 7 heteroatoms.